The van der Waals surface area contributed by atoms with Gasteiger partial charge in [-0.3, -0.25) is 0 Å². The predicted molar refractivity (Wildman–Crippen MR) is 72.8 cm³/mol. The second kappa shape index (κ2) is 6.49. The van der Waals surface area contributed by atoms with E-state index in [0.717, 1.165) is 0 Å². The molecule has 0 saturated heterocycles. The van der Waals surface area contributed by atoms with E-state index in [2.05, 4.69) is 11.3 Å². The molecule has 0 aliphatic heterocycles. The fourth-order valence-corrected chi connectivity index (χ4v) is 2.68. The SMILES string of the molecule is C=CCCNS(=O)(=O)c1ccc(CC)c(C(=O)O)c1. The van der Waals surface area contributed by atoms with Crippen LogP contribution in [-0.2, 0) is 16.4 Å². The van der Waals surface area contributed by atoms with Crippen molar-refractivity contribution in [3.63, 3.8) is 0 Å². The van der Waals surface area contributed by atoms with Crippen molar-refractivity contribution in [3.8, 4) is 0 Å². The second-order valence-electron chi connectivity index (χ2n) is 3.95. The van der Waals surface area contributed by atoms with Gasteiger partial charge in [0.15, 0.2) is 0 Å². The van der Waals surface area contributed by atoms with Gasteiger partial charge in [-0.25, -0.2) is 17.9 Å². The van der Waals surface area contributed by atoms with Crippen molar-refractivity contribution in [3.05, 3.63) is 42.0 Å². The van der Waals surface area contributed by atoms with Crippen molar-refractivity contribution < 1.29 is 18.3 Å². The van der Waals surface area contributed by atoms with Crippen LogP contribution in [0.3, 0.4) is 0 Å². The van der Waals surface area contributed by atoms with Crippen LogP contribution in [-0.4, -0.2) is 26.0 Å². The molecule has 1 aromatic carbocycles. The molecule has 1 aromatic rings. The van der Waals surface area contributed by atoms with Crippen LogP contribution in [0.4, 0.5) is 0 Å². The fraction of sp³-hybridized carbons (Fsp3) is 0.308. The second-order valence-corrected chi connectivity index (χ2v) is 5.72. The van der Waals surface area contributed by atoms with Gasteiger partial charge in [-0.15, -0.1) is 6.58 Å². The van der Waals surface area contributed by atoms with Crippen LogP contribution in [0.5, 0.6) is 0 Å². The maximum absolute atomic E-state index is 11.9. The summed E-state index contributed by atoms with van der Waals surface area (Å²) in [7, 11) is -3.67. The monoisotopic (exact) mass is 283 g/mol. The van der Waals surface area contributed by atoms with E-state index < -0.39 is 16.0 Å². The first-order valence-corrected chi connectivity index (χ1v) is 7.37. The molecule has 6 heteroatoms. The molecule has 0 aliphatic carbocycles. The summed E-state index contributed by atoms with van der Waals surface area (Å²) >= 11 is 0. The topological polar surface area (TPSA) is 83.5 Å². The molecule has 0 radical (unpaired) electrons. The number of nitrogens with one attached hydrogen (secondary N) is 1. The van der Waals surface area contributed by atoms with Gasteiger partial charge in [-0.2, -0.15) is 0 Å². The first kappa shape index (κ1) is 15.4. The zero-order valence-corrected chi connectivity index (χ0v) is 11.5. The summed E-state index contributed by atoms with van der Waals surface area (Å²) in [5, 5.41) is 9.07. The number of rotatable bonds is 7. The zero-order chi connectivity index (χ0) is 14.5. The van der Waals surface area contributed by atoms with Gasteiger partial charge in [0.05, 0.1) is 10.5 Å². The molecule has 0 spiro atoms. The fourth-order valence-electron chi connectivity index (χ4n) is 1.61. The Bertz CT molecular complexity index is 578. The lowest BCUT2D eigenvalue weighted by Crippen LogP contribution is -2.24. The van der Waals surface area contributed by atoms with Crippen molar-refractivity contribution in [2.45, 2.75) is 24.7 Å². The first-order valence-electron chi connectivity index (χ1n) is 5.89. The Morgan fingerprint density at radius 2 is 2.16 bits per heavy atom. The van der Waals surface area contributed by atoms with Gasteiger partial charge in [-0.05, 0) is 30.5 Å². The molecule has 1 rings (SSSR count). The summed E-state index contributed by atoms with van der Waals surface area (Å²) in [5.41, 5.74) is 0.631. The number of carboxylic acid groups (broad SMARTS) is 1. The highest BCUT2D eigenvalue weighted by atomic mass is 32.2. The summed E-state index contributed by atoms with van der Waals surface area (Å²) in [4.78, 5) is 11.1. The Hall–Kier alpha value is -1.66. The lowest BCUT2D eigenvalue weighted by molar-refractivity contribution is 0.0695. The molecular weight excluding hydrogens is 266 g/mol. The summed E-state index contributed by atoms with van der Waals surface area (Å²) in [6, 6.07) is 4.14. The molecule has 0 fully saturated rings. The molecule has 0 amide bonds. The Kier molecular flexibility index (Phi) is 5.26. The lowest BCUT2D eigenvalue weighted by atomic mass is 10.1. The number of aromatic carboxylic acids is 1. The predicted octanol–water partition coefficient (Wildman–Crippen LogP) is 1.80. The van der Waals surface area contributed by atoms with Crippen molar-refractivity contribution in [1.82, 2.24) is 4.72 Å². The maximum Gasteiger partial charge on any atom is 0.336 e. The van der Waals surface area contributed by atoms with Crippen molar-refractivity contribution in [1.29, 1.82) is 0 Å². The van der Waals surface area contributed by atoms with Crippen LogP contribution in [0.25, 0.3) is 0 Å². The van der Waals surface area contributed by atoms with Crippen LogP contribution in [0, 0.1) is 0 Å². The number of sulfonamides is 1. The average molecular weight is 283 g/mol. The van der Waals surface area contributed by atoms with E-state index in [1.807, 2.05) is 6.92 Å². The molecule has 0 bridgehead atoms. The van der Waals surface area contributed by atoms with Crippen LogP contribution in [0.15, 0.2) is 35.7 Å². The van der Waals surface area contributed by atoms with E-state index in [1.165, 1.54) is 18.2 Å². The molecular formula is C13H17NO4S. The normalized spacial score (nSPS) is 11.2. The number of hydrogen-bond acceptors (Lipinski definition) is 3. The molecule has 2 N–H and O–H groups in total. The van der Waals surface area contributed by atoms with Gasteiger partial charge in [-0.1, -0.05) is 19.1 Å². The van der Waals surface area contributed by atoms with Gasteiger partial charge in [0.25, 0.3) is 0 Å². The molecule has 19 heavy (non-hydrogen) atoms. The number of aryl methyl sites for hydroxylation is 1. The van der Waals surface area contributed by atoms with E-state index >= 15 is 0 Å². The number of benzene rings is 1. The molecule has 104 valence electrons. The Balaban J connectivity index is 3.11. The van der Waals surface area contributed by atoms with E-state index in [-0.39, 0.29) is 17.0 Å². The standard InChI is InChI=1S/C13H17NO4S/c1-3-5-8-14-19(17,18)11-7-6-10(4-2)12(9-11)13(15)16/h3,6-7,9,14H,1,4-5,8H2,2H3,(H,15,16). The third-order valence-corrected chi connectivity index (χ3v) is 4.10. The Labute approximate surface area is 113 Å². The molecule has 0 unspecified atom stereocenters. The number of carbonyl (C=O) groups is 1. The van der Waals surface area contributed by atoms with Crippen LogP contribution < -0.4 is 4.72 Å². The van der Waals surface area contributed by atoms with E-state index in [1.54, 1.807) is 6.08 Å². The van der Waals surface area contributed by atoms with Crippen molar-refractivity contribution in [2.75, 3.05) is 6.54 Å². The molecule has 0 atom stereocenters. The van der Waals surface area contributed by atoms with E-state index in [4.69, 9.17) is 5.11 Å². The van der Waals surface area contributed by atoms with Crippen LogP contribution in [0.1, 0.15) is 29.3 Å². The van der Waals surface area contributed by atoms with Crippen molar-refractivity contribution >= 4 is 16.0 Å². The van der Waals surface area contributed by atoms with Gasteiger partial charge in [0.2, 0.25) is 10.0 Å². The summed E-state index contributed by atoms with van der Waals surface area (Å²) < 4.78 is 26.3. The van der Waals surface area contributed by atoms with Gasteiger partial charge in [0.1, 0.15) is 0 Å². The summed E-state index contributed by atoms with van der Waals surface area (Å²) in [5.74, 6) is -1.13. The van der Waals surface area contributed by atoms with Crippen LogP contribution in [0.2, 0.25) is 0 Å². The highest BCUT2D eigenvalue weighted by Gasteiger charge is 2.17. The molecule has 5 nitrogen and oxygen atoms in total. The lowest BCUT2D eigenvalue weighted by Gasteiger charge is -2.09. The highest BCUT2D eigenvalue weighted by Crippen LogP contribution is 2.17. The molecule has 0 saturated carbocycles. The van der Waals surface area contributed by atoms with E-state index in [9.17, 15) is 13.2 Å². The summed E-state index contributed by atoms with van der Waals surface area (Å²) in [6.07, 6.45) is 2.65. The minimum absolute atomic E-state index is 0.0223. The van der Waals surface area contributed by atoms with Crippen molar-refractivity contribution in [2.24, 2.45) is 0 Å². The molecule has 0 heterocycles. The minimum atomic E-state index is -3.67. The molecule has 0 aromatic heterocycles. The summed E-state index contributed by atoms with van der Waals surface area (Å²) in [6.45, 7) is 5.56. The van der Waals surface area contributed by atoms with Crippen LogP contribution >= 0.6 is 0 Å². The van der Waals surface area contributed by atoms with Gasteiger partial charge in [0, 0.05) is 6.54 Å². The molecule has 0 aliphatic rings. The number of carboxylic acids is 1. The largest absolute Gasteiger partial charge is 0.478 e. The zero-order valence-electron chi connectivity index (χ0n) is 10.7. The minimum Gasteiger partial charge on any atom is -0.478 e. The van der Waals surface area contributed by atoms with E-state index in [0.29, 0.717) is 18.4 Å². The first-order chi connectivity index (χ1) is 8.92. The third-order valence-electron chi connectivity index (χ3n) is 2.64. The van der Waals surface area contributed by atoms with Gasteiger partial charge >= 0.3 is 5.97 Å². The smallest absolute Gasteiger partial charge is 0.336 e. The Morgan fingerprint density at radius 1 is 1.47 bits per heavy atom. The number of hydrogen-bond donors (Lipinski definition) is 2. The Morgan fingerprint density at radius 3 is 2.68 bits per heavy atom. The maximum atomic E-state index is 11.9. The third kappa shape index (κ3) is 3.90. The average Bonchev–Trinajstić information content (AvgIpc) is 2.38. The quantitative estimate of drug-likeness (QED) is 0.590. The van der Waals surface area contributed by atoms with Gasteiger partial charge < -0.3 is 5.11 Å². The highest BCUT2D eigenvalue weighted by molar-refractivity contribution is 7.89.